The molecule has 36 heavy (non-hydrogen) atoms. The van der Waals surface area contributed by atoms with Gasteiger partial charge in [-0.1, -0.05) is 48.5 Å². The summed E-state index contributed by atoms with van der Waals surface area (Å²) >= 11 is 0. The Balaban J connectivity index is 1.51. The summed E-state index contributed by atoms with van der Waals surface area (Å²) in [6.45, 7) is 8.59. The number of carbonyl (C=O) groups excluding carboxylic acids is 1. The molecule has 196 valence electrons. The lowest BCUT2D eigenvalue weighted by molar-refractivity contribution is -0.190. The topological polar surface area (TPSA) is 102 Å². The second kappa shape index (κ2) is 11.0. The Hall–Kier alpha value is -2.26. The van der Waals surface area contributed by atoms with Gasteiger partial charge in [0.1, 0.15) is 36.2 Å². The maximum absolute atomic E-state index is 13.8. The number of fused-ring (bicyclic) bond motifs is 1. The lowest BCUT2D eigenvalue weighted by Crippen LogP contribution is -2.38. The summed E-state index contributed by atoms with van der Waals surface area (Å²) in [5, 5.41) is 2.70. The molecule has 2 aromatic carbocycles. The zero-order valence-corrected chi connectivity index (χ0v) is 22.1. The first-order chi connectivity index (χ1) is 17.1. The van der Waals surface area contributed by atoms with Gasteiger partial charge in [-0.15, -0.1) is 0 Å². The zero-order chi connectivity index (χ0) is 25.9. The largest absolute Gasteiger partial charge is 0.462 e. The number of hydrogen-bond donors (Lipinski definition) is 1. The summed E-state index contributed by atoms with van der Waals surface area (Å²) in [6.07, 6.45) is -2.10. The van der Waals surface area contributed by atoms with E-state index >= 15 is 0 Å². The third kappa shape index (κ3) is 6.54. The van der Waals surface area contributed by atoms with Crippen LogP contribution < -0.4 is 9.61 Å². The van der Waals surface area contributed by atoms with E-state index in [1.54, 1.807) is 45.0 Å². The fourth-order valence-corrected chi connectivity index (χ4v) is 5.74. The number of para-hydroxylation sites is 1. The molecular weight excluding hydrogens is 485 g/mol. The number of rotatable bonds is 10. The van der Waals surface area contributed by atoms with Gasteiger partial charge in [0, 0.05) is 0 Å². The average Bonchev–Trinajstić information content (AvgIpc) is 3.31. The third-order valence-electron chi connectivity index (χ3n) is 5.71. The second-order valence-corrected chi connectivity index (χ2v) is 11.3. The number of nitrogens with one attached hydrogen (secondary N) is 1. The molecule has 2 fully saturated rings. The van der Waals surface area contributed by atoms with Gasteiger partial charge in [-0.3, -0.25) is 9.32 Å². The lowest BCUT2D eigenvalue weighted by atomic mass is 10.0. The minimum absolute atomic E-state index is 0.118. The quantitative estimate of drug-likeness (QED) is 0.351. The molecular formula is C26H34NO8P. The van der Waals surface area contributed by atoms with E-state index in [1.165, 1.54) is 0 Å². The van der Waals surface area contributed by atoms with Crippen LogP contribution in [0.15, 0.2) is 60.7 Å². The molecule has 1 N–H and O–H groups in total. The normalized spacial score (nSPS) is 27.3. The highest BCUT2D eigenvalue weighted by molar-refractivity contribution is 7.52. The lowest BCUT2D eigenvalue weighted by Gasteiger charge is -2.26. The Labute approximate surface area is 211 Å². The van der Waals surface area contributed by atoms with E-state index in [0.717, 1.165) is 5.56 Å². The summed E-state index contributed by atoms with van der Waals surface area (Å²) < 4.78 is 49.2. The molecule has 2 heterocycles. The van der Waals surface area contributed by atoms with Gasteiger partial charge in [-0.25, -0.2) is 4.57 Å². The monoisotopic (exact) mass is 519 g/mol. The number of benzene rings is 2. The van der Waals surface area contributed by atoms with Crippen molar-refractivity contribution in [2.75, 3.05) is 6.61 Å². The van der Waals surface area contributed by atoms with E-state index in [-0.39, 0.29) is 24.9 Å². The summed E-state index contributed by atoms with van der Waals surface area (Å²) in [7, 11) is -4.03. The molecule has 4 rings (SSSR count). The van der Waals surface area contributed by atoms with Crippen LogP contribution in [0.2, 0.25) is 0 Å². The van der Waals surface area contributed by atoms with E-state index in [9.17, 15) is 9.36 Å². The minimum Gasteiger partial charge on any atom is -0.462 e. The predicted molar refractivity (Wildman–Crippen MR) is 132 cm³/mol. The summed E-state index contributed by atoms with van der Waals surface area (Å²) in [5.41, 5.74) is 0.947. The Bertz CT molecular complexity index is 1060. The maximum Gasteiger partial charge on any atom is 0.459 e. The third-order valence-corrected chi connectivity index (χ3v) is 7.36. The molecule has 0 spiro atoms. The number of hydrogen-bond acceptors (Lipinski definition) is 8. The molecule has 0 unspecified atom stereocenters. The minimum atomic E-state index is -4.03. The average molecular weight is 520 g/mol. The van der Waals surface area contributed by atoms with Crippen molar-refractivity contribution >= 4 is 13.7 Å². The van der Waals surface area contributed by atoms with Gasteiger partial charge in [0.05, 0.1) is 12.7 Å². The highest BCUT2D eigenvalue weighted by Crippen LogP contribution is 2.49. The highest BCUT2D eigenvalue weighted by atomic mass is 31.2. The van der Waals surface area contributed by atoms with Crippen LogP contribution in [0.1, 0.15) is 46.3 Å². The van der Waals surface area contributed by atoms with E-state index in [1.807, 2.05) is 50.2 Å². The number of ether oxygens (including phenoxy) is 4. The zero-order valence-electron chi connectivity index (χ0n) is 21.2. The van der Waals surface area contributed by atoms with E-state index in [2.05, 4.69) is 5.09 Å². The molecule has 9 nitrogen and oxygen atoms in total. The van der Waals surface area contributed by atoms with Gasteiger partial charge >= 0.3 is 13.7 Å². The molecule has 2 aliphatic rings. The van der Waals surface area contributed by atoms with E-state index in [0.29, 0.717) is 5.75 Å². The smallest absolute Gasteiger partial charge is 0.459 e. The first-order valence-electron chi connectivity index (χ1n) is 12.1. The van der Waals surface area contributed by atoms with Gasteiger partial charge in [0.25, 0.3) is 0 Å². The number of esters is 1. The van der Waals surface area contributed by atoms with Gasteiger partial charge in [0.15, 0.2) is 5.79 Å². The van der Waals surface area contributed by atoms with Gasteiger partial charge < -0.3 is 23.5 Å². The first kappa shape index (κ1) is 26.8. The van der Waals surface area contributed by atoms with Crippen LogP contribution in [0.4, 0.5) is 0 Å². The fourth-order valence-electron chi connectivity index (χ4n) is 4.23. The van der Waals surface area contributed by atoms with Crippen molar-refractivity contribution in [3.8, 4) is 5.75 Å². The Morgan fingerprint density at radius 3 is 2.25 bits per heavy atom. The summed E-state index contributed by atoms with van der Waals surface area (Å²) in [4.78, 5) is 12.4. The molecule has 0 saturated carbocycles. The van der Waals surface area contributed by atoms with E-state index < -0.39 is 37.8 Å². The van der Waals surface area contributed by atoms with Crippen molar-refractivity contribution in [3.63, 3.8) is 0 Å². The fraction of sp³-hybridized carbons (Fsp3) is 0.500. The summed E-state index contributed by atoms with van der Waals surface area (Å²) in [6, 6.07) is 17.4. The molecule has 0 amide bonds. The van der Waals surface area contributed by atoms with Gasteiger partial charge in [0.2, 0.25) is 0 Å². The number of carbonyl (C=O) groups is 1. The van der Waals surface area contributed by atoms with Crippen molar-refractivity contribution in [1.82, 2.24) is 5.09 Å². The Morgan fingerprint density at radius 2 is 1.61 bits per heavy atom. The molecule has 2 aliphatic heterocycles. The van der Waals surface area contributed by atoms with Crippen LogP contribution in [-0.2, 0) is 32.8 Å². The second-order valence-electron chi connectivity index (χ2n) is 9.60. The van der Waals surface area contributed by atoms with Crippen molar-refractivity contribution < 1.29 is 37.4 Å². The SMILES string of the molecule is CC(C)OC(=O)[C@H](C)N[P@](=O)(OC[C@H]1O[C@@H](c2ccccc2)[C@@H]2OC(C)(C)O[C@@H]21)Oc1ccccc1. The van der Waals surface area contributed by atoms with Gasteiger partial charge in [-0.05, 0) is 52.3 Å². The molecule has 0 aliphatic carbocycles. The molecule has 0 bridgehead atoms. The molecule has 6 atom stereocenters. The van der Waals surface area contributed by atoms with Crippen LogP contribution in [0, 0.1) is 0 Å². The van der Waals surface area contributed by atoms with Crippen LogP contribution in [-0.4, -0.2) is 48.8 Å². The van der Waals surface area contributed by atoms with Crippen molar-refractivity contribution in [2.45, 2.75) is 77.0 Å². The Morgan fingerprint density at radius 1 is 1.00 bits per heavy atom. The predicted octanol–water partition coefficient (Wildman–Crippen LogP) is 4.78. The standard InChI is InChI=1S/C26H34NO8P/c1-17(2)31-25(28)18(3)27-36(29,35-20-14-10-7-11-15-20)30-16-21-23-24(34-26(4,5)33-23)22(32-21)19-12-8-6-9-13-19/h6-15,17-18,21-24H,16H2,1-5H3,(H,27,29)/t18-,21+,22-,23+,24-,36-/m0/s1. The Kier molecular flexibility index (Phi) is 8.19. The van der Waals surface area contributed by atoms with Crippen molar-refractivity contribution in [1.29, 1.82) is 0 Å². The molecule has 2 aromatic rings. The maximum atomic E-state index is 13.8. The molecule has 2 saturated heterocycles. The van der Waals surface area contributed by atoms with Crippen molar-refractivity contribution in [2.24, 2.45) is 0 Å². The highest BCUT2D eigenvalue weighted by Gasteiger charge is 2.56. The van der Waals surface area contributed by atoms with Crippen molar-refractivity contribution in [3.05, 3.63) is 66.2 Å². The van der Waals surface area contributed by atoms with Crippen LogP contribution in [0.3, 0.4) is 0 Å². The van der Waals surface area contributed by atoms with Crippen LogP contribution >= 0.6 is 7.75 Å². The first-order valence-corrected chi connectivity index (χ1v) is 13.6. The van der Waals surface area contributed by atoms with Crippen LogP contribution in [0.5, 0.6) is 5.75 Å². The van der Waals surface area contributed by atoms with Gasteiger partial charge in [-0.2, -0.15) is 5.09 Å². The summed E-state index contributed by atoms with van der Waals surface area (Å²) in [5.74, 6) is -1.05. The van der Waals surface area contributed by atoms with E-state index in [4.69, 9.17) is 28.0 Å². The van der Waals surface area contributed by atoms with Crippen LogP contribution in [0.25, 0.3) is 0 Å². The molecule has 0 radical (unpaired) electrons. The molecule has 10 heteroatoms. The molecule has 0 aromatic heterocycles.